The van der Waals surface area contributed by atoms with Crippen molar-refractivity contribution in [3.63, 3.8) is 0 Å². The van der Waals surface area contributed by atoms with Gasteiger partial charge in [0.15, 0.2) is 0 Å². The number of carboxylic acids is 1. The van der Waals surface area contributed by atoms with Crippen molar-refractivity contribution in [2.75, 3.05) is 25.4 Å². The molecule has 4 heterocycles. The third-order valence-electron chi connectivity index (χ3n) is 4.93. The van der Waals surface area contributed by atoms with Gasteiger partial charge < -0.3 is 20.5 Å². The number of likely N-dealkylation sites (tertiary alicyclic amines) is 1. The molecule has 10 heteroatoms. The fourth-order valence-electron chi connectivity index (χ4n) is 3.63. The summed E-state index contributed by atoms with van der Waals surface area (Å²) in [5, 5.41) is 17.9. The monoisotopic (exact) mass is 394 g/mol. The van der Waals surface area contributed by atoms with Gasteiger partial charge in [0.05, 0.1) is 18.6 Å². The van der Waals surface area contributed by atoms with E-state index in [2.05, 4.69) is 10.2 Å². The molecule has 0 aliphatic carbocycles. The lowest BCUT2D eigenvalue weighted by Crippen LogP contribution is -2.48. The predicted octanol–water partition coefficient (Wildman–Crippen LogP) is 1.51. The number of nitrogens with zero attached hydrogens (tertiary/aromatic N) is 3. The van der Waals surface area contributed by atoms with E-state index in [1.54, 1.807) is 6.07 Å². The summed E-state index contributed by atoms with van der Waals surface area (Å²) in [4.78, 5) is 27.1. The highest BCUT2D eigenvalue weighted by Crippen LogP contribution is 2.44. The molecule has 2 aromatic rings. The maximum atomic E-state index is 12.5. The van der Waals surface area contributed by atoms with Gasteiger partial charge in [-0.05, 0) is 24.5 Å². The van der Waals surface area contributed by atoms with E-state index in [4.69, 9.17) is 10.5 Å². The largest absolute Gasteiger partial charge is 0.477 e. The van der Waals surface area contributed by atoms with Gasteiger partial charge in [-0.25, -0.2) is 4.79 Å². The molecule has 2 aromatic heterocycles. The van der Waals surface area contributed by atoms with Crippen molar-refractivity contribution < 1.29 is 19.4 Å². The normalized spacial score (nSPS) is 18.7. The number of carbonyl (C=O) groups excluding carboxylic acids is 1. The van der Waals surface area contributed by atoms with Crippen LogP contribution in [0.2, 0.25) is 0 Å². The number of amides is 1. The van der Waals surface area contributed by atoms with Gasteiger partial charge in [-0.1, -0.05) is 11.3 Å². The van der Waals surface area contributed by atoms with Gasteiger partial charge in [-0.15, -0.1) is 21.5 Å². The lowest BCUT2D eigenvalue weighted by atomic mass is 9.82. The minimum atomic E-state index is -0.900. The van der Waals surface area contributed by atoms with Crippen LogP contribution in [0.5, 0.6) is 0 Å². The Bertz CT molecular complexity index is 854. The molecule has 0 bridgehead atoms. The molecule has 2 aliphatic heterocycles. The van der Waals surface area contributed by atoms with Crippen LogP contribution < -0.4 is 5.73 Å². The molecular weight excluding hydrogens is 376 g/mol. The van der Waals surface area contributed by atoms with Crippen LogP contribution in [0.1, 0.15) is 38.0 Å². The second-order valence-electron chi connectivity index (χ2n) is 6.44. The van der Waals surface area contributed by atoms with E-state index in [-0.39, 0.29) is 12.3 Å². The maximum absolute atomic E-state index is 12.5. The standard InChI is InChI=1S/C16H18N4O4S2/c17-15-19-18-12(26-15)8-13(21)20-4-2-16(3-5-20)9-7-11(14(22)23)25-10(9)1-6-24-16/h7H,1-6,8H2,(H2,17,19)(H,22,23). The average molecular weight is 394 g/mol. The first-order valence-electron chi connectivity index (χ1n) is 8.33. The highest BCUT2D eigenvalue weighted by molar-refractivity contribution is 7.15. The van der Waals surface area contributed by atoms with Gasteiger partial charge in [0.25, 0.3) is 0 Å². The second kappa shape index (κ2) is 6.60. The second-order valence-corrected chi connectivity index (χ2v) is 8.67. The summed E-state index contributed by atoms with van der Waals surface area (Å²) in [5.41, 5.74) is 6.08. The summed E-state index contributed by atoms with van der Waals surface area (Å²) in [7, 11) is 0. The molecule has 1 saturated heterocycles. The number of hydrogen-bond acceptors (Lipinski definition) is 8. The van der Waals surface area contributed by atoms with Crippen molar-refractivity contribution in [2.24, 2.45) is 0 Å². The first kappa shape index (κ1) is 17.4. The van der Waals surface area contributed by atoms with Crippen LogP contribution in [0.3, 0.4) is 0 Å². The van der Waals surface area contributed by atoms with E-state index in [0.29, 0.717) is 47.6 Å². The Labute approximate surface area is 157 Å². The molecule has 0 aromatic carbocycles. The van der Waals surface area contributed by atoms with Gasteiger partial charge in [-0.2, -0.15) is 0 Å². The molecule has 1 spiro atoms. The molecular formula is C16H18N4O4S2. The maximum Gasteiger partial charge on any atom is 0.345 e. The zero-order valence-electron chi connectivity index (χ0n) is 13.9. The van der Waals surface area contributed by atoms with E-state index in [1.807, 2.05) is 4.90 Å². The third-order valence-corrected chi connectivity index (χ3v) is 6.86. The number of anilines is 1. The van der Waals surface area contributed by atoms with E-state index in [9.17, 15) is 14.7 Å². The number of aromatic carboxylic acids is 1. The van der Waals surface area contributed by atoms with Crippen molar-refractivity contribution in [1.82, 2.24) is 15.1 Å². The Morgan fingerprint density at radius 2 is 2.08 bits per heavy atom. The molecule has 0 unspecified atom stereocenters. The van der Waals surface area contributed by atoms with E-state index in [0.717, 1.165) is 16.9 Å². The van der Waals surface area contributed by atoms with Crippen molar-refractivity contribution in [3.8, 4) is 0 Å². The molecule has 8 nitrogen and oxygen atoms in total. The predicted molar refractivity (Wildman–Crippen MR) is 96.5 cm³/mol. The number of carboxylic acid groups (broad SMARTS) is 1. The minimum Gasteiger partial charge on any atom is -0.477 e. The summed E-state index contributed by atoms with van der Waals surface area (Å²) >= 11 is 2.56. The first-order valence-corrected chi connectivity index (χ1v) is 9.96. The molecule has 1 amide bonds. The van der Waals surface area contributed by atoms with E-state index < -0.39 is 11.6 Å². The number of nitrogen functional groups attached to an aromatic ring is 1. The molecule has 4 rings (SSSR count). The highest BCUT2D eigenvalue weighted by atomic mass is 32.1. The number of ether oxygens (including phenoxy) is 1. The summed E-state index contributed by atoms with van der Waals surface area (Å²) < 4.78 is 6.11. The molecule has 0 radical (unpaired) electrons. The highest BCUT2D eigenvalue weighted by Gasteiger charge is 2.43. The summed E-state index contributed by atoms with van der Waals surface area (Å²) in [6, 6.07) is 1.75. The number of piperidine rings is 1. The molecule has 1 fully saturated rings. The van der Waals surface area contributed by atoms with Crippen LogP contribution in [0.25, 0.3) is 0 Å². The van der Waals surface area contributed by atoms with Crippen molar-refractivity contribution in [3.05, 3.63) is 26.4 Å². The van der Waals surface area contributed by atoms with Crippen molar-refractivity contribution in [1.29, 1.82) is 0 Å². The van der Waals surface area contributed by atoms with Crippen LogP contribution in [-0.2, 0) is 28.0 Å². The summed E-state index contributed by atoms with van der Waals surface area (Å²) in [6.07, 6.45) is 2.28. The minimum absolute atomic E-state index is 0.00331. The summed E-state index contributed by atoms with van der Waals surface area (Å²) in [6.45, 7) is 1.74. The number of hydrogen-bond donors (Lipinski definition) is 2. The number of thiophene rings is 1. The van der Waals surface area contributed by atoms with Gasteiger partial charge in [-0.3, -0.25) is 4.79 Å². The topological polar surface area (TPSA) is 119 Å². The van der Waals surface area contributed by atoms with Crippen LogP contribution in [0.4, 0.5) is 5.13 Å². The average Bonchev–Trinajstić information content (AvgIpc) is 3.23. The third kappa shape index (κ3) is 3.08. The lowest BCUT2D eigenvalue weighted by molar-refractivity contribution is -0.139. The Morgan fingerprint density at radius 3 is 2.73 bits per heavy atom. The zero-order chi connectivity index (χ0) is 18.3. The van der Waals surface area contributed by atoms with Gasteiger partial charge in [0.2, 0.25) is 11.0 Å². The van der Waals surface area contributed by atoms with Crippen molar-refractivity contribution >= 4 is 39.7 Å². The van der Waals surface area contributed by atoms with E-state index in [1.165, 1.54) is 22.7 Å². The molecule has 26 heavy (non-hydrogen) atoms. The van der Waals surface area contributed by atoms with Gasteiger partial charge >= 0.3 is 5.97 Å². The molecule has 2 aliphatic rings. The number of carbonyl (C=O) groups is 2. The van der Waals surface area contributed by atoms with E-state index >= 15 is 0 Å². The molecule has 3 N–H and O–H groups in total. The van der Waals surface area contributed by atoms with Crippen LogP contribution in [0, 0.1) is 0 Å². The fraction of sp³-hybridized carbons (Fsp3) is 0.500. The number of nitrogens with two attached hydrogens (primary N) is 1. The number of aromatic nitrogens is 2. The van der Waals surface area contributed by atoms with Crippen LogP contribution in [-0.4, -0.2) is 51.8 Å². The Kier molecular flexibility index (Phi) is 4.41. The SMILES string of the molecule is Nc1nnc(CC(=O)N2CCC3(CC2)OCCc2sc(C(=O)O)cc23)s1. The Balaban J connectivity index is 1.46. The summed E-state index contributed by atoms with van der Waals surface area (Å²) in [5.74, 6) is -0.896. The van der Waals surface area contributed by atoms with Crippen molar-refractivity contribution in [2.45, 2.75) is 31.3 Å². The fourth-order valence-corrected chi connectivity index (χ4v) is 5.30. The Hall–Kier alpha value is -2.04. The molecule has 0 saturated carbocycles. The quantitative estimate of drug-likeness (QED) is 0.810. The lowest BCUT2D eigenvalue weighted by Gasteiger charge is -2.44. The molecule has 138 valence electrons. The molecule has 0 atom stereocenters. The van der Waals surface area contributed by atoms with Crippen LogP contribution >= 0.6 is 22.7 Å². The van der Waals surface area contributed by atoms with Crippen LogP contribution in [0.15, 0.2) is 6.07 Å². The number of rotatable bonds is 3. The smallest absolute Gasteiger partial charge is 0.345 e. The Morgan fingerprint density at radius 1 is 1.31 bits per heavy atom. The van der Waals surface area contributed by atoms with Gasteiger partial charge in [0, 0.05) is 24.4 Å². The van der Waals surface area contributed by atoms with Gasteiger partial charge in [0.1, 0.15) is 9.88 Å². The zero-order valence-corrected chi connectivity index (χ0v) is 15.6. The number of fused-ring (bicyclic) bond motifs is 2. The first-order chi connectivity index (χ1) is 12.5.